The average molecular weight is 464 g/mol. The molecule has 0 radical (unpaired) electrons. The SMILES string of the molecule is COc1ccc(C[C@H]2OCC[C@H](NC(=O)OC(C)(C)C)C(=O)O[C@@H](C)[C@@H]2OCC2CC2)cc1. The summed E-state index contributed by atoms with van der Waals surface area (Å²) in [6.07, 6.45) is 1.27. The van der Waals surface area contributed by atoms with Crippen LogP contribution in [-0.4, -0.2) is 62.3 Å². The zero-order valence-electron chi connectivity index (χ0n) is 20.3. The number of esters is 1. The number of hydrogen-bond donors (Lipinski definition) is 1. The van der Waals surface area contributed by atoms with E-state index in [1.165, 1.54) is 0 Å². The van der Waals surface area contributed by atoms with E-state index < -0.39 is 35.9 Å². The third-order valence-corrected chi connectivity index (χ3v) is 5.66. The Labute approximate surface area is 196 Å². The first-order chi connectivity index (χ1) is 15.6. The lowest BCUT2D eigenvalue weighted by Gasteiger charge is -2.31. The Balaban J connectivity index is 1.71. The molecule has 1 aliphatic heterocycles. The van der Waals surface area contributed by atoms with E-state index in [1.807, 2.05) is 31.2 Å². The Bertz CT molecular complexity index is 785. The van der Waals surface area contributed by atoms with Gasteiger partial charge in [-0.1, -0.05) is 12.1 Å². The third-order valence-electron chi connectivity index (χ3n) is 5.66. The quantitative estimate of drug-likeness (QED) is 0.617. The molecule has 0 aromatic heterocycles. The number of ether oxygens (including phenoxy) is 5. The van der Waals surface area contributed by atoms with Crippen molar-refractivity contribution in [1.82, 2.24) is 5.32 Å². The van der Waals surface area contributed by atoms with Crippen LogP contribution in [0.5, 0.6) is 5.75 Å². The van der Waals surface area contributed by atoms with Crippen LogP contribution < -0.4 is 10.1 Å². The van der Waals surface area contributed by atoms with Crippen LogP contribution in [0.4, 0.5) is 4.79 Å². The third kappa shape index (κ3) is 8.19. The molecule has 8 heteroatoms. The lowest BCUT2D eigenvalue weighted by Crippen LogP contribution is -2.46. The van der Waals surface area contributed by atoms with Crippen LogP contribution in [0.3, 0.4) is 0 Å². The Morgan fingerprint density at radius 2 is 1.85 bits per heavy atom. The summed E-state index contributed by atoms with van der Waals surface area (Å²) in [6, 6.07) is 6.96. The summed E-state index contributed by atoms with van der Waals surface area (Å²) in [6.45, 7) is 8.01. The van der Waals surface area contributed by atoms with Gasteiger partial charge in [0, 0.05) is 19.4 Å². The minimum atomic E-state index is -0.855. The van der Waals surface area contributed by atoms with Gasteiger partial charge in [0.2, 0.25) is 0 Å². The Morgan fingerprint density at radius 1 is 1.15 bits per heavy atom. The predicted molar refractivity (Wildman–Crippen MR) is 122 cm³/mol. The van der Waals surface area contributed by atoms with Gasteiger partial charge < -0.3 is 29.0 Å². The second-order valence-corrected chi connectivity index (χ2v) is 9.83. The van der Waals surface area contributed by atoms with Gasteiger partial charge in [0.25, 0.3) is 0 Å². The van der Waals surface area contributed by atoms with Crippen molar-refractivity contribution in [1.29, 1.82) is 0 Å². The molecule has 184 valence electrons. The number of hydrogen-bond acceptors (Lipinski definition) is 7. The molecule has 1 amide bonds. The molecule has 1 saturated heterocycles. The van der Waals surface area contributed by atoms with E-state index >= 15 is 0 Å². The number of amides is 1. The fraction of sp³-hybridized carbons (Fsp3) is 0.680. The van der Waals surface area contributed by atoms with Crippen molar-refractivity contribution in [2.45, 2.75) is 83.3 Å². The largest absolute Gasteiger partial charge is 0.497 e. The minimum Gasteiger partial charge on any atom is -0.497 e. The van der Waals surface area contributed by atoms with E-state index in [9.17, 15) is 9.59 Å². The van der Waals surface area contributed by atoms with Gasteiger partial charge in [0.1, 0.15) is 29.6 Å². The van der Waals surface area contributed by atoms with Gasteiger partial charge in [-0.25, -0.2) is 9.59 Å². The van der Waals surface area contributed by atoms with Crippen LogP contribution in [0, 0.1) is 5.92 Å². The van der Waals surface area contributed by atoms with Crippen molar-refractivity contribution >= 4 is 12.1 Å². The van der Waals surface area contributed by atoms with Gasteiger partial charge in [-0.15, -0.1) is 0 Å². The molecule has 0 bridgehead atoms. The summed E-state index contributed by atoms with van der Waals surface area (Å²) in [5.74, 6) is 0.833. The van der Waals surface area contributed by atoms with Gasteiger partial charge >= 0.3 is 12.1 Å². The van der Waals surface area contributed by atoms with E-state index in [0.29, 0.717) is 18.9 Å². The summed E-state index contributed by atoms with van der Waals surface area (Å²) in [5, 5.41) is 2.62. The molecule has 2 fully saturated rings. The Kier molecular flexibility index (Phi) is 8.59. The van der Waals surface area contributed by atoms with Gasteiger partial charge in [-0.2, -0.15) is 0 Å². The van der Waals surface area contributed by atoms with Crippen molar-refractivity contribution in [3.63, 3.8) is 0 Å². The van der Waals surface area contributed by atoms with Crippen molar-refractivity contribution < 1.29 is 33.3 Å². The van der Waals surface area contributed by atoms with Crippen LogP contribution >= 0.6 is 0 Å². The summed E-state index contributed by atoms with van der Waals surface area (Å²) in [7, 11) is 1.63. The highest BCUT2D eigenvalue weighted by Gasteiger charge is 2.37. The molecule has 1 aromatic rings. The van der Waals surface area contributed by atoms with Crippen molar-refractivity contribution in [2.75, 3.05) is 20.3 Å². The van der Waals surface area contributed by atoms with Crippen LogP contribution in [0.15, 0.2) is 24.3 Å². The second kappa shape index (κ2) is 11.2. The number of nitrogens with one attached hydrogen (secondary N) is 1. The maximum atomic E-state index is 12.8. The first-order valence-electron chi connectivity index (χ1n) is 11.7. The number of cyclic esters (lactones) is 1. The smallest absolute Gasteiger partial charge is 0.408 e. The highest BCUT2D eigenvalue weighted by atomic mass is 16.6. The number of carbonyl (C=O) groups is 2. The molecule has 3 rings (SSSR count). The van der Waals surface area contributed by atoms with Gasteiger partial charge in [-0.05, 0) is 64.2 Å². The van der Waals surface area contributed by atoms with E-state index in [1.54, 1.807) is 27.9 Å². The summed E-state index contributed by atoms with van der Waals surface area (Å²) in [5.41, 5.74) is 0.406. The van der Waals surface area contributed by atoms with Crippen LogP contribution in [0.1, 0.15) is 52.5 Å². The van der Waals surface area contributed by atoms with Gasteiger partial charge in [-0.3, -0.25) is 0 Å². The summed E-state index contributed by atoms with van der Waals surface area (Å²) in [4.78, 5) is 25.1. The molecule has 4 atom stereocenters. The zero-order valence-corrected chi connectivity index (χ0v) is 20.3. The lowest BCUT2D eigenvalue weighted by molar-refractivity contribution is -0.164. The maximum Gasteiger partial charge on any atom is 0.408 e. The van der Waals surface area contributed by atoms with Crippen molar-refractivity contribution in [3.8, 4) is 5.75 Å². The molecule has 1 aromatic carbocycles. The van der Waals surface area contributed by atoms with Crippen LogP contribution in [0.25, 0.3) is 0 Å². The second-order valence-electron chi connectivity index (χ2n) is 9.83. The lowest BCUT2D eigenvalue weighted by atomic mass is 10.00. The van der Waals surface area contributed by atoms with Crippen LogP contribution in [0.2, 0.25) is 0 Å². The number of rotatable bonds is 7. The average Bonchev–Trinajstić information content (AvgIpc) is 3.55. The van der Waals surface area contributed by atoms with Gasteiger partial charge in [0.15, 0.2) is 0 Å². The topological polar surface area (TPSA) is 92.3 Å². The zero-order chi connectivity index (χ0) is 24.0. The Morgan fingerprint density at radius 3 is 2.45 bits per heavy atom. The molecule has 33 heavy (non-hydrogen) atoms. The monoisotopic (exact) mass is 463 g/mol. The van der Waals surface area contributed by atoms with Crippen LogP contribution in [-0.2, 0) is 30.2 Å². The Hall–Kier alpha value is -2.32. The molecule has 1 N–H and O–H groups in total. The number of benzene rings is 1. The number of methoxy groups -OCH3 is 1. The number of alkyl carbamates (subject to hydrolysis) is 1. The van der Waals surface area contributed by atoms with E-state index in [2.05, 4.69) is 5.32 Å². The summed E-state index contributed by atoms with van der Waals surface area (Å²) < 4.78 is 28.8. The maximum absolute atomic E-state index is 12.8. The van der Waals surface area contributed by atoms with E-state index in [4.69, 9.17) is 23.7 Å². The molecule has 0 spiro atoms. The molecule has 1 saturated carbocycles. The fourth-order valence-electron chi connectivity index (χ4n) is 3.71. The summed E-state index contributed by atoms with van der Waals surface area (Å²) >= 11 is 0. The molecule has 1 heterocycles. The van der Waals surface area contributed by atoms with Crippen molar-refractivity contribution in [2.24, 2.45) is 5.92 Å². The normalized spacial score (nSPS) is 26.4. The first kappa shape index (κ1) is 25.3. The molecule has 0 unspecified atom stereocenters. The molecule has 2 aliphatic rings. The molecule has 1 aliphatic carbocycles. The fourth-order valence-corrected chi connectivity index (χ4v) is 3.71. The highest BCUT2D eigenvalue weighted by Crippen LogP contribution is 2.31. The standard InChI is InChI=1S/C25H37NO7/c1-16-22(31-15-18-6-7-18)21(14-17-8-10-19(29-5)11-9-17)30-13-12-20(23(27)32-16)26-24(28)33-25(2,3)4/h8-11,16,18,20-22H,6-7,12-15H2,1-5H3,(H,26,28)/t16-,20-,21+,22-/m0/s1. The van der Waals surface area contributed by atoms with Crippen molar-refractivity contribution in [3.05, 3.63) is 29.8 Å². The van der Waals surface area contributed by atoms with Gasteiger partial charge in [0.05, 0.1) is 19.8 Å². The van der Waals surface area contributed by atoms with E-state index in [0.717, 1.165) is 24.2 Å². The minimum absolute atomic E-state index is 0.270. The molecular formula is C25H37NO7. The van der Waals surface area contributed by atoms with E-state index in [-0.39, 0.29) is 19.1 Å². The predicted octanol–water partition coefficient (Wildman–Crippen LogP) is 3.65. The highest BCUT2D eigenvalue weighted by molar-refractivity contribution is 5.81. The molecular weight excluding hydrogens is 426 g/mol. The molecule has 8 nitrogen and oxygen atoms in total. The first-order valence-corrected chi connectivity index (χ1v) is 11.7. The number of carbonyl (C=O) groups excluding carboxylic acids is 2.